The van der Waals surface area contributed by atoms with Crippen LogP contribution in [0.4, 0.5) is 5.69 Å². The summed E-state index contributed by atoms with van der Waals surface area (Å²) in [5, 5.41) is 13.0. The summed E-state index contributed by atoms with van der Waals surface area (Å²) in [6.45, 7) is 8.13. The number of pyridine rings is 1. The van der Waals surface area contributed by atoms with E-state index in [2.05, 4.69) is 31.3 Å². The van der Waals surface area contributed by atoms with Crippen LogP contribution in [0.2, 0.25) is 0 Å². The average molecular weight is 394 g/mol. The van der Waals surface area contributed by atoms with E-state index in [1.54, 1.807) is 0 Å². The molecule has 0 saturated carbocycles. The molecule has 146 valence electrons. The standard InChI is InChI=1S/C23H27N3OS/c1-14(2)19-10-7-8-15(3)21(19)26-22(27)16(4)28-23-18(13-24)12-17-9-5-6-11-20(17)25-23/h7-8,10,12,14,16H,5-6,9,11H2,1-4H3,(H,26,27). The summed E-state index contributed by atoms with van der Waals surface area (Å²) in [4.78, 5) is 17.6. The molecule has 0 fully saturated rings. The summed E-state index contributed by atoms with van der Waals surface area (Å²) in [7, 11) is 0. The lowest BCUT2D eigenvalue weighted by atomic mass is 9.95. The Bertz CT molecular complexity index is 930. The Morgan fingerprint density at radius 2 is 2.00 bits per heavy atom. The summed E-state index contributed by atoms with van der Waals surface area (Å²) < 4.78 is 0. The zero-order chi connectivity index (χ0) is 20.3. The van der Waals surface area contributed by atoms with Crippen LogP contribution in [0.3, 0.4) is 0 Å². The summed E-state index contributed by atoms with van der Waals surface area (Å²) in [6.07, 6.45) is 4.23. The maximum atomic E-state index is 12.9. The molecule has 4 nitrogen and oxygen atoms in total. The molecule has 1 aromatic carbocycles. The Labute approximate surface area is 171 Å². The van der Waals surface area contributed by atoms with Gasteiger partial charge in [0.2, 0.25) is 5.91 Å². The van der Waals surface area contributed by atoms with Crippen LogP contribution in [0.5, 0.6) is 0 Å². The van der Waals surface area contributed by atoms with Gasteiger partial charge in [-0.2, -0.15) is 5.26 Å². The molecule has 1 aromatic heterocycles. The van der Waals surface area contributed by atoms with Crippen molar-refractivity contribution in [2.24, 2.45) is 0 Å². The number of nitriles is 1. The first-order valence-electron chi connectivity index (χ1n) is 9.90. The third-order valence-corrected chi connectivity index (χ3v) is 6.32. The Kier molecular flexibility index (Phi) is 6.41. The smallest absolute Gasteiger partial charge is 0.237 e. The van der Waals surface area contributed by atoms with Crippen LogP contribution in [0.1, 0.15) is 67.5 Å². The number of anilines is 1. The number of aromatic nitrogens is 1. The quantitative estimate of drug-likeness (QED) is 0.692. The van der Waals surface area contributed by atoms with Crippen molar-refractivity contribution in [2.75, 3.05) is 5.32 Å². The van der Waals surface area contributed by atoms with E-state index in [1.807, 2.05) is 32.0 Å². The van der Waals surface area contributed by atoms with Gasteiger partial charge in [-0.1, -0.05) is 43.8 Å². The first kappa shape index (κ1) is 20.4. The topological polar surface area (TPSA) is 65.8 Å². The molecule has 0 saturated heterocycles. The maximum Gasteiger partial charge on any atom is 0.237 e. The number of thioether (sulfide) groups is 1. The highest BCUT2D eigenvalue weighted by Gasteiger charge is 2.22. The highest BCUT2D eigenvalue weighted by atomic mass is 32.2. The van der Waals surface area contributed by atoms with Crippen LogP contribution in [-0.2, 0) is 17.6 Å². The van der Waals surface area contributed by atoms with Crippen molar-refractivity contribution in [1.82, 2.24) is 4.98 Å². The molecule has 0 aliphatic heterocycles. The second-order valence-corrected chi connectivity index (χ2v) is 9.04. The molecule has 0 spiro atoms. The molecule has 3 rings (SSSR count). The van der Waals surface area contributed by atoms with Gasteiger partial charge in [0.25, 0.3) is 0 Å². The molecule has 1 aliphatic carbocycles. The number of nitrogens with zero attached hydrogens (tertiary/aromatic N) is 2. The number of carbonyl (C=O) groups excluding carboxylic acids is 1. The fraction of sp³-hybridized carbons (Fsp3) is 0.435. The normalized spacial score (nSPS) is 14.3. The van der Waals surface area contributed by atoms with Gasteiger partial charge in [0.05, 0.1) is 10.8 Å². The molecule has 0 radical (unpaired) electrons. The van der Waals surface area contributed by atoms with Gasteiger partial charge in [0.1, 0.15) is 11.1 Å². The first-order chi connectivity index (χ1) is 13.4. The van der Waals surface area contributed by atoms with Crippen molar-refractivity contribution < 1.29 is 4.79 Å². The van der Waals surface area contributed by atoms with Crippen molar-refractivity contribution >= 4 is 23.4 Å². The van der Waals surface area contributed by atoms with E-state index in [0.717, 1.165) is 48.2 Å². The molecule has 1 unspecified atom stereocenters. The van der Waals surface area contributed by atoms with E-state index in [9.17, 15) is 10.1 Å². The van der Waals surface area contributed by atoms with Crippen LogP contribution in [-0.4, -0.2) is 16.1 Å². The van der Waals surface area contributed by atoms with Crippen LogP contribution in [0.25, 0.3) is 0 Å². The summed E-state index contributed by atoms with van der Waals surface area (Å²) in [6, 6.07) is 10.3. The predicted molar refractivity (Wildman–Crippen MR) is 115 cm³/mol. The van der Waals surface area contributed by atoms with Crippen molar-refractivity contribution in [2.45, 2.75) is 69.6 Å². The Hall–Kier alpha value is -2.32. The molecule has 1 N–H and O–H groups in total. The van der Waals surface area contributed by atoms with Gasteiger partial charge in [0, 0.05) is 11.4 Å². The fourth-order valence-electron chi connectivity index (χ4n) is 3.57. The lowest BCUT2D eigenvalue weighted by Gasteiger charge is -2.20. The zero-order valence-corrected chi connectivity index (χ0v) is 17.8. The number of fused-ring (bicyclic) bond motifs is 1. The van der Waals surface area contributed by atoms with E-state index in [-0.39, 0.29) is 11.2 Å². The monoisotopic (exact) mass is 393 g/mol. The number of rotatable bonds is 5. The maximum absolute atomic E-state index is 12.9. The van der Waals surface area contributed by atoms with Crippen LogP contribution >= 0.6 is 11.8 Å². The molecule has 1 amide bonds. The Morgan fingerprint density at radius 1 is 1.25 bits per heavy atom. The highest BCUT2D eigenvalue weighted by molar-refractivity contribution is 8.00. The molecule has 1 heterocycles. The van der Waals surface area contributed by atoms with Gasteiger partial charge in [-0.15, -0.1) is 0 Å². The number of benzene rings is 1. The molecular formula is C23H27N3OS. The molecule has 0 bridgehead atoms. The molecule has 2 aromatic rings. The number of hydrogen-bond donors (Lipinski definition) is 1. The van der Waals surface area contributed by atoms with Crippen molar-refractivity contribution in [3.05, 3.63) is 52.2 Å². The Balaban J connectivity index is 1.80. The highest BCUT2D eigenvalue weighted by Crippen LogP contribution is 2.32. The number of amides is 1. The van der Waals surface area contributed by atoms with Crippen molar-refractivity contribution in [1.29, 1.82) is 5.26 Å². The van der Waals surface area contributed by atoms with Gasteiger partial charge in [-0.05, 0) is 68.2 Å². The van der Waals surface area contributed by atoms with Crippen molar-refractivity contribution in [3.63, 3.8) is 0 Å². The minimum absolute atomic E-state index is 0.0652. The lowest BCUT2D eigenvalue weighted by Crippen LogP contribution is -2.24. The Morgan fingerprint density at radius 3 is 2.71 bits per heavy atom. The molecule has 28 heavy (non-hydrogen) atoms. The molecule has 1 atom stereocenters. The lowest BCUT2D eigenvalue weighted by molar-refractivity contribution is -0.115. The first-order valence-corrected chi connectivity index (χ1v) is 10.8. The predicted octanol–water partition coefficient (Wildman–Crippen LogP) is 5.38. The summed E-state index contributed by atoms with van der Waals surface area (Å²) >= 11 is 1.37. The van der Waals surface area contributed by atoms with E-state index in [0.29, 0.717) is 16.5 Å². The van der Waals surface area contributed by atoms with E-state index in [1.165, 1.54) is 17.3 Å². The molecular weight excluding hydrogens is 366 g/mol. The summed E-state index contributed by atoms with van der Waals surface area (Å²) in [5.41, 5.74) is 5.93. The second-order valence-electron chi connectivity index (χ2n) is 7.71. The molecule has 5 heteroatoms. The fourth-order valence-corrected chi connectivity index (χ4v) is 4.47. The van der Waals surface area contributed by atoms with Crippen LogP contribution in [0.15, 0.2) is 29.3 Å². The number of para-hydroxylation sites is 1. The average Bonchev–Trinajstić information content (AvgIpc) is 2.68. The number of nitrogens with one attached hydrogen (secondary N) is 1. The van der Waals surface area contributed by atoms with Gasteiger partial charge >= 0.3 is 0 Å². The van der Waals surface area contributed by atoms with Crippen LogP contribution in [0, 0.1) is 18.3 Å². The number of carbonyl (C=O) groups is 1. The minimum Gasteiger partial charge on any atom is -0.325 e. The minimum atomic E-state index is -0.346. The zero-order valence-electron chi connectivity index (χ0n) is 17.0. The third kappa shape index (κ3) is 4.39. The van der Waals surface area contributed by atoms with E-state index in [4.69, 9.17) is 4.98 Å². The summed E-state index contributed by atoms with van der Waals surface area (Å²) in [5.74, 6) is 0.260. The third-order valence-electron chi connectivity index (χ3n) is 5.22. The van der Waals surface area contributed by atoms with Crippen molar-refractivity contribution in [3.8, 4) is 6.07 Å². The van der Waals surface area contributed by atoms with Crippen LogP contribution < -0.4 is 5.32 Å². The van der Waals surface area contributed by atoms with E-state index < -0.39 is 0 Å². The number of hydrogen-bond acceptors (Lipinski definition) is 4. The van der Waals surface area contributed by atoms with Gasteiger partial charge in [-0.3, -0.25) is 4.79 Å². The van der Waals surface area contributed by atoms with Gasteiger partial charge < -0.3 is 5.32 Å². The largest absolute Gasteiger partial charge is 0.325 e. The van der Waals surface area contributed by atoms with E-state index >= 15 is 0 Å². The van der Waals surface area contributed by atoms with Gasteiger partial charge in [0.15, 0.2) is 0 Å². The SMILES string of the molecule is Cc1cccc(C(C)C)c1NC(=O)C(C)Sc1nc2c(cc1C#N)CCCC2. The van der Waals surface area contributed by atoms with Gasteiger partial charge in [-0.25, -0.2) is 4.98 Å². The second kappa shape index (κ2) is 8.79. The molecule has 1 aliphatic rings. The number of aryl methyl sites for hydroxylation is 3.